The van der Waals surface area contributed by atoms with Crippen molar-refractivity contribution in [1.29, 1.82) is 0 Å². The van der Waals surface area contributed by atoms with Gasteiger partial charge >= 0.3 is 5.97 Å². The Bertz CT molecular complexity index is 477. The van der Waals surface area contributed by atoms with Gasteiger partial charge < -0.3 is 4.74 Å². The van der Waals surface area contributed by atoms with Gasteiger partial charge in [-0.25, -0.2) is 4.79 Å². The molecule has 2 aromatic carbocycles. The van der Waals surface area contributed by atoms with E-state index < -0.39 is 0 Å². The summed E-state index contributed by atoms with van der Waals surface area (Å²) in [6.45, 7) is 0. The van der Waals surface area contributed by atoms with Gasteiger partial charge in [-0.15, -0.1) is 0 Å². The monoisotopic (exact) mass is 232 g/mol. The second kappa shape index (κ2) is 4.81. The zero-order valence-corrected chi connectivity index (χ0v) is 9.15. The van der Waals surface area contributed by atoms with Crippen molar-refractivity contribution in [3.8, 4) is 5.75 Å². The molecule has 2 aromatic rings. The number of benzene rings is 2. The average Bonchev–Trinajstić information content (AvgIpc) is 2.31. The third-order valence-corrected chi connectivity index (χ3v) is 2.29. The molecule has 3 heteroatoms. The highest BCUT2D eigenvalue weighted by Crippen LogP contribution is 2.14. The van der Waals surface area contributed by atoms with Crippen molar-refractivity contribution in [3.63, 3.8) is 0 Å². The van der Waals surface area contributed by atoms with Crippen LogP contribution < -0.4 is 4.74 Å². The summed E-state index contributed by atoms with van der Waals surface area (Å²) in [4.78, 5) is 11.7. The van der Waals surface area contributed by atoms with E-state index in [1.54, 1.807) is 36.4 Å². The quantitative estimate of drug-likeness (QED) is 0.585. The van der Waals surface area contributed by atoms with Gasteiger partial charge in [-0.05, 0) is 36.4 Å². The fraction of sp³-hybridized carbons (Fsp3) is 0. The van der Waals surface area contributed by atoms with Gasteiger partial charge in [-0.1, -0.05) is 29.8 Å². The maximum Gasteiger partial charge on any atom is 0.343 e. The Kier molecular flexibility index (Phi) is 3.22. The Morgan fingerprint density at radius 1 is 0.938 bits per heavy atom. The van der Waals surface area contributed by atoms with Gasteiger partial charge in [0.15, 0.2) is 0 Å². The first-order valence-electron chi connectivity index (χ1n) is 4.78. The van der Waals surface area contributed by atoms with E-state index in [1.165, 1.54) is 0 Å². The molecule has 0 unspecified atom stereocenters. The van der Waals surface area contributed by atoms with Gasteiger partial charge in [0.2, 0.25) is 0 Å². The molecule has 0 bridgehead atoms. The number of carbonyl (C=O) groups is 1. The number of ether oxygens (including phenoxy) is 1. The summed E-state index contributed by atoms with van der Waals surface area (Å²) in [6.07, 6.45) is 0. The Morgan fingerprint density at radius 3 is 2.19 bits per heavy atom. The highest BCUT2D eigenvalue weighted by molar-refractivity contribution is 6.30. The van der Waals surface area contributed by atoms with Gasteiger partial charge in [-0.3, -0.25) is 0 Å². The maximum absolute atomic E-state index is 11.7. The van der Waals surface area contributed by atoms with E-state index in [2.05, 4.69) is 0 Å². The van der Waals surface area contributed by atoms with Crippen molar-refractivity contribution in [2.75, 3.05) is 0 Å². The summed E-state index contributed by atoms with van der Waals surface area (Å²) in [6, 6.07) is 15.5. The van der Waals surface area contributed by atoms with Crippen LogP contribution in [0, 0.1) is 0 Å². The first-order valence-corrected chi connectivity index (χ1v) is 5.16. The van der Waals surface area contributed by atoms with E-state index in [1.807, 2.05) is 18.2 Å². The second-order valence-electron chi connectivity index (χ2n) is 3.21. The number of halogens is 1. The molecule has 0 aromatic heterocycles. The SMILES string of the molecule is O=C(Oc1ccccc1)c1ccc(Cl)cc1. The summed E-state index contributed by atoms with van der Waals surface area (Å²) in [5.41, 5.74) is 0.480. The van der Waals surface area contributed by atoms with Crippen LogP contribution in [0.1, 0.15) is 10.4 Å². The Labute approximate surface area is 98.4 Å². The van der Waals surface area contributed by atoms with Crippen LogP contribution >= 0.6 is 11.6 Å². The van der Waals surface area contributed by atoms with Crippen molar-refractivity contribution >= 4 is 17.6 Å². The molecule has 0 aliphatic heterocycles. The molecule has 0 atom stereocenters. The number of carbonyl (C=O) groups excluding carboxylic acids is 1. The fourth-order valence-corrected chi connectivity index (χ4v) is 1.37. The summed E-state index contributed by atoms with van der Waals surface area (Å²) >= 11 is 5.72. The van der Waals surface area contributed by atoms with Crippen molar-refractivity contribution in [3.05, 3.63) is 65.2 Å². The Hall–Kier alpha value is -1.80. The third kappa shape index (κ3) is 2.61. The van der Waals surface area contributed by atoms with Crippen LogP contribution in [0.4, 0.5) is 0 Å². The highest BCUT2D eigenvalue weighted by Gasteiger charge is 2.07. The van der Waals surface area contributed by atoms with Crippen LogP contribution in [0.3, 0.4) is 0 Å². The van der Waals surface area contributed by atoms with Crippen molar-refractivity contribution < 1.29 is 9.53 Å². The lowest BCUT2D eigenvalue weighted by Crippen LogP contribution is -2.07. The molecule has 0 aliphatic rings. The molecule has 0 N–H and O–H groups in total. The van der Waals surface area contributed by atoms with E-state index in [0.717, 1.165) is 0 Å². The summed E-state index contributed by atoms with van der Waals surface area (Å²) < 4.78 is 5.16. The van der Waals surface area contributed by atoms with Crippen molar-refractivity contribution in [2.45, 2.75) is 0 Å². The zero-order valence-electron chi connectivity index (χ0n) is 8.39. The number of hydrogen-bond donors (Lipinski definition) is 0. The lowest BCUT2D eigenvalue weighted by atomic mass is 10.2. The molecule has 0 saturated carbocycles. The van der Waals surface area contributed by atoms with Crippen LogP contribution in [-0.4, -0.2) is 5.97 Å². The van der Waals surface area contributed by atoms with Crippen molar-refractivity contribution in [1.82, 2.24) is 0 Å². The summed E-state index contributed by atoms with van der Waals surface area (Å²) in [7, 11) is 0. The molecule has 0 radical (unpaired) electrons. The van der Waals surface area contributed by atoms with E-state index in [-0.39, 0.29) is 5.97 Å². The molecule has 2 rings (SSSR count). The minimum atomic E-state index is -0.386. The molecular formula is C13H9ClO2. The predicted octanol–water partition coefficient (Wildman–Crippen LogP) is 3.56. The topological polar surface area (TPSA) is 26.3 Å². The van der Waals surface area contributed by atoms with Gasteiger partial charge in [0, 0.05) is 5.02 Å². The van der Waals surface area contributed by atoms with Crippen LogP contribution in [0.5, 0.6) is 5.75 Å². The molecule has 0 fully saturated rings. The van der Waals surface area contributed by atoms with E-state index in [9.17, 15) is 4.79 Å². The molecule has 0 heterocycles. The fourth-order valence-electron chi connectivity index (χ4n) is 1.24. The van der Waals surface area contributed by atoms with Crippen LogP contribution in [0.2, 0.25) is 5.02 Å². The first kappa shape index (κ1) is 10.7. The molecule has 0 aliphatic carbocycles. The largest absolute Gasteiger partial charge is 0.423 e. The van der Waals surface area contributed by atoms with Gasteiger partial charge in [0.05, 0.1) is 5.56 Å². The zero-order chi connectivity index (χ0) is 11.4. The molecule has 2 nitrogen and oxygen atoms in total. The predicted molar refractivity (Wildman–Crippen MR) is 62.9 cm³/mol. The van der Waals surface area contributed by atoms with Gasteiger partial charge in [0.1, 0.15) is 5.75 Å². The molecule has 0 amide bonds. The minimum Gasteiger partial charge on any atom is -0.423 e. The third-order valence-electron chi connectivity index (χ3n) is 2.03. The smallest absolute Gasteiger partial charge is 0.343 e. The molecule has 80 valence electrons. The van der Waals surface area contributed by atoms with Crippen molar-refractivity contribution in [2.24, 2.45) is 0 Å². The lowest BCUT2D eigenvalue weighted by molar-refractivity contribution is 0.0735. The van der Waals surface area contributed by atoms with E-state index in [4.69, 9.17) is 16.3 Å². The number of para-hydroxylation sites is 1. The normalized spacial score (nSPS) is 9.81. The van der Waals surface area contributed by atoms with Crippen LogP contribution in [0.25, 0.3) is 0 Å². The Morgan fingerprint density at radius 2 is 1.56 bits per heavy atom. The number of hydrogen-bond acceptors (Lipinski definition) is 2. The molecular weight excluding hydrogens is 224 g/mol. The lowest BCUT2D eigenvalue weighted by Gasteiger charge is -2.03. The van der Waals surface area contributed by atoms with E-state index in [0.29, 0.717) is 16.3 Å². The minimum absolute atomic E-state index is 0.386. The Balaban J connectivity index is 2.12. The molecule has 0 saturated heterocycles. The number of esters is 1. The standard InChI is InChI=1S/C13H9ClO2/c14-11-8-6-10(7-9-11)13(15)16-12-4-2-1-3-5-12/h1-9H. The number of rotatable bonds is 2. The average molecular weight is 233 g/mol. The van der Waals surface area contributed by atoms with Crippen LogP contribution in [-0.2, 0) is 0 Å². The maximum atomic E-state index is 11.7. The van der Waals surface area contributed by atoms with E-state index >= 15 is 0 Å². The van der Waals surface area contributed by atoms with Gasteiger partial charge in [-0.2, -0.15) is 0 Å². The summed E-state index contributed by atoms with van der Waals surface area (Å²) in [5.74, 6) is 0.144. The molecule has 16 heavy (non-hydrogen) atoms. The summed E-state index contributed by atoms with van der Waals surface area (Å²) in [5, 5.41) is 0.594. The first-order chi connectivity index (χ1) is 7.75. The van der Waals surface area contributed by atoms with Gasteiger partial charge in [0.25, 0.3) is 0 Å². The highest BCUT2D eigenvalue weighted by atomic mass is 35.5. The molecule has 0 spiro atoms. The second-order valence-corrected chi connectivity index (χ2v) is 3.65. The van der Waals surface area contributed by atoms with Crippen LogP contribution in [0.15, 0.2) is 54.6 Å².